The van der Waals surface area contributed by atoms with Crippen LogP contribution in [0.5, 0.6) is 0 Å². The van der Waals surface area contributed by atoms with E-state index in [0.29, 0.717) is 42.7 Å². The van der Waals surface area contributed by atoms with Gasteiger partial charge in [-0.3, -0.25) is 19.7 Å². The van der Waals surface area contributed by atoms with Gasteiger partial charge >= 0.3 is 0 Å². The van der Waals surface area contributed by atoms with Crippen LogP contribution >= 0.6 is 0 Å². The molecule has 3 heterocycles. The first-order valence-corrected chi connectivity index (χ1v) is 9.10. The number of fused-ring (bicyclic) bond motifs is 3. The van der Waals surface area contributed by atoms with Gasteiger partial charge in [-0.15, -0.1) is 0 Å². The highest BCUT2D eigenvalue weighted by Gasteiger charge is 2.45. The Morgan fingerprint density at radius 2 is 1.88 bits per heavy atom. The van der Waals surface area contributed by atoms with E-state index in [2.05, 4.69) is 22.8 Å². The first-order chi connectivity index (χ1) is 12.1. The van der Waals surface area contributed by atoms with Gasteiger partial charge < -0.3 is 10.2 Å². The number of carbonyl (C=O) groups is 3. The molecule has 6 heteroatoms. The average molecular weight is 339 g/mol. The number of benzene rings is 1. The number of rotatable bonds is 2. The van der Waals surface area contributed by atoms with Crippen molar-refractivity contribution in [1.82, 2.24) is 15.5 Å². The molecule has 25 heavy (non-hydrogen) atoms. The third kappa shape index (κ3) is 2.24. The third-order valence-electron chi connectivity index (χ3n) is 6.37. The van der Waals surface area contributed by atoms with E-state index >= 15 is 0 Å². The van der Waals surface area contributed by atoms with Crippen molar-refractivity contribution in [2.45, 2.75) is 37.8 Å². The number of carbonyl (C=O) groups excluding carboxylic acids is 3. The van der Waals surface area contributed by atoms with E-state index in [4.69, 9.17) is 0 Å². The summed E-state index contributed by atoms with van der Waals surface area (Å²) in [5.74, 6) is 1.33. The molecule has 0 radical (unpaired) electrons. The van der Waals surface area contributed by atoms with E-state index in [9.17, 15) is 14.4 Å². The molecule has 3 unspecified atom stereocenters. The Bertz CT molecular complexity index is 776. The molecule has 4 aliphatic rings. The second-order valence-electron chi connectivity index (χ2n) is 7.76. The van der Waals surface area contributed by atoms with Crippen molar-refractivity contribution in [3.05, 3.63) is 34.9 Å². The molecular weight excluding hydrogens is 318 g/mol. The Labute approximate surface area is 145 Å². The average Bonchev–Trinajstić information content (AvgIpc) is 2.92. The fourth-order valence-electron chi connectivity index (χ4n) is 5.09. The van der Waals surface area contributed by atoms with Crippen LogP contribution in [-0.2, 0) is 16.1 Å². The first-order valence-electron chi connectivity index (χ1n) is 9.10. The molecule has 1 aliphatic carbocycles. The summed E-state index contributed by atoms with van der Waals surface area (Å²) in [5.41, 5.74) is 3.06. The molecule has 3 amide bonds. The summed E-state index contributed by atoms with van der Waals surface area (Å²) in [4.78, 5) is 37.8. The molecule has 3 fully saturated rings. The molecule has 3 atom stereocenters. The minimum absolute atomic E-state index is 0.0912. The Morgan fingerprint density at radius 1 is 1.08 bits per heavy atom. The molecule has 0 spiro atoms. The largest absolute Gasteiger partial charge is 0.322 e. The van der Waals surface area contributed by atoms with Gasteiger partial charge in [-0.05, 0) is 60.9 Å². The molecule has 2 bridgehead atoms. The number of amides is 3. The van der Waals surface area contributed by atoms with Gasteiger partial charge in [0.25, 0.3) is 5.91 Å². The van der Waals surface area contributed by atoms with Crippen LogP contribution in [0, 0.1) is 11.8 Å². The first kappa shape index (κ1) is 15.1. The molecule has 0 aromatic heterocycles. The fourth-order valence-corrected chi connectivity index (χ4v) is 5.09. The van der Waals surface area contributed by atoms with Crippen LogP contribution in [0.2, 0.25) is 0 Å². The standard InChI is InChI=1S/C19H21N3O3/c23-16-4-3-15(18(24)21-16)22-9-13-5-10(1-2-14(13)19(22)25)17-11-6-12(17)8-20-7-11/h1-2,5,11-12,15,17,20H,3-4,6-9H2,(H,21,23,24). The van der Waals surface area contributed by atoms with Crippen LogP contribution in [0.4, 0.5) is 0 Å². The molecule has 1 saturated carbocycles. The Kier molecular flexibility index (Phi) is 3.25. The van der Waals surface area contributed by atoms with E-state index in [1.165, 1.54) is 12.0 Å². The summed E-state index contributed by atoms with van der Waals surface area (Å²) in [5, 5.41) is 5.82. The molecule has 5 rings (SSSR count). The molecular formula is C19H21N3O3. The van der Waals surface area contributed by atoms with Crippen LogP contribution in [0.3, 0.4) is 0 Å². The normalized spacial score (nSPS) is 33.8. The van der Waals surface area contributed by atoms with Crippen LogP contribution in [0.25, 0.3) is 0 Å². The van der Waals surface area contributed by atoms with Crippen molar-refractivity contribution >= 4 is 17.7 Å². The lowest BCUT2D eigenvalue weighted by Gasteiger charge is -2.50. The topological polar surface area (TPSA) is 78.5 Å². The van der Waals surface area contributed by atoms with Crippen molar-refractivity contribution in [3.8, 4) is 0 Å². The van der Waals surface area contributed by atoms with E-state index in [0.717, 1.165) is 18.7 Å². The summed E-state index contributed by atoms with van der Waals surface area (Å²) < 4.78 is 0. The number of nitrogens with one attached hydrogen (secondary N) is 2. The summed E-state index contributed by atoms with van der Waals surface area (Å²) in [6.45, 7) is 2.63. The van der Waals surface area contributed by atoms with Gasteiger partial charge in [0.2, 0.25) is 11.8 Å². The molecule has 6 nitrogen and oxygen atoms in total. The van der Waals surface area contributed by atoms with Crippen molar-refractivity contribution < 1.29 is 14.4 Å². The number of hydrogen-bond acceptors (Lipinski definition) is 4. The van der Waals surface area contributed by atoms with Crippen LogP contribution in [0.1, 0.15) is 46.7 Å². The van der Waals surface area contributed by atoms with E-state index in [1.54, 1.807) is 4.90 Å². The predicted octanol–water partition coefficient (Wildman–Crippen LogP) is 0.770. The highest BCUT2D eigenvalue weighted by Crippen LogP contribution is 2.49. The monoisotopic (exact) mass is 339 g/mol. The minimum Gasteiger partial charge on any atom is -0.322 e. The number of hydrogen-bond donors (Lipinski definition) is 2. The maximum absolute atomic E-state index is 12.7. The third-order valence-corrected chi connectivity index (χ3v) is 6.37. The molecule has 2 N–H and O–H groups in total. The summed E-state index contributed by atoms with van der Waals surface area (Å²) in [6, 6.07) is 5.67. The predicted molar refractivity (Wildman–Crippen MR) is 89.7 cm³/mol. The second-order valence-corrected chi connectivity index (χ2v) is 7.76. The van der Waals surface area contributed by atoms with E-state index in [1.807, 2.05) is 6.07 Å². The fraction of sp³-hybridized carbons (Fsp3) is 0.526. The van der Waals surface area contributed by atoms with Crippen LogP contribution in [0.15, 0.2) is 18.2 Å². The lowest BCUT2D eigenvalue weighted by atomic mass is 9.59. The van der Waals surface area contributed by atoms with E-state index < -0.39 is 6.04 Å². The lowest BCUT2D eigenvalue weighted by molar-refractivity contribution is -0.136. The number of piperidine rings is 3. The summed E-state index contributed by atoms with van der Waals surface area (Å²) >= 11 is 0. The highest BCUT2D eigenvalue weighted by atomic mass is 16.2. The zero-order valence-electron chi connectivity index (χ0n) is 14.0. The highest BCUT2D eigenvalue weighted by molar-refractivity contribution is 6.05. The Morgan fingerprint density at radius 3 is 2.60 bits per heavy atom. The van der Waals surface area contributed by atoms with Crippen molar-refractivity contribution in [3.63, 3.8) is 0 Å². The maximum atomic E-state index is 12.7. The van der Waals surface area contributed by atoms with E-state index in [-0.39, 0.29) is 17.7 Å². The smallest absolute Gasteiger partial charge is 0.255 e. The van der Waals surface area contributed by atoms with Crippen LogP contribution in [-0.4, -0.2) is 41.8 Å². The summed E-state index contributed by atoms with van der Waals surface area (Å²) in [7, 11) is 0. The second kappa shape index (κ2) is 5.39. The maximum Gasteiger partial charge on any atom is 0.255 e. The van der Waals surface area contributed by atoms with Gasteiger partial charge in [-0.1, -0.05) is 12.1 Å². The molecule has 1 aromatic rings. The van der Waals surface area contributed by atoms with Gasteiger partial charge in [0.1, 0.15) is 6.04 Å². The van der Waals surface area contributed by atoms with Crippen LogP contribution < -0.4 is 10.6 Å². The van der Waals surface area contributed by atoms with Gasteiger partial charge in [0.05, 0.1) is 0 Å². The quantitative estimate of drug-likeness (QED) is 0.780. The van der Waals surface area contributed by atoms with Gasteiger partial charge in [-0.25, -0.2) is 0 Å². The number of imide groups is 1. The zero-order valence-corrected chi connectivity index (χ0v) is 14.0. The molecule has 130 valence electrons. The van der Waals surface area contributed by atoms with Crippen molar-refractivity contribution in [2.75, 3.05) is 13.1 Å². The lowest BCUT2D eigenvalue weighted by Crippen LogP contribution is -2.52. The van der Waals surface area contributed by atoms with Crippen molar-refractivity contribution in [2.24, 2.45) is 11.8 Å². The Balaban J connectivity index is 1.39. The molecule has 3 aliphatic heterocycles. The van der Waals surface area contributed by atoms with Gasteiger partial charge in [0.15, 0.2) is 0 Å². The molecule has 2 saturated heterocycles. The summed E-state index contributed by atoms with van der Waals surface area (Å²) in [6.07, 6.45) is 2.01. The van der Waals surface area contributed by atoms with Crippen molar-refractivity contribution in [1.29, 1.82) is 0 Å². The van der Waals surface area contributed by atoms with Gasteiger partial charge in [0, 0.05) is 18.5 Å². The molecule has 1 aromatic carbocycles. The zero-order chi connectivity index (χ0) is 17.1. The minimum atomic E-state index is -0.534. The van der Waals surface area contributed by atoms with Gasteiger partial charge in [-0.2, -0.15) is 0 Å². The SMILES string of the molecule is O=C1CCC(N2Cc3cc(C4C5CNCC4C5)ccc3C2=O)C(=O)N1. The Hall–Kier alpha value is -2.21. The number of nitrogens with zero attached hydrogens (tertiary/aromatic N) is 1.